The minimum Gasteiger partial charge on any atom is -0.286 e. The number of rotatable bonds is 3. The van der Waals surface area contributed by atoms with Crippen LogP contribution in [0.25, 0.3) is 0 Å². The van der Waals surface area contributed by atoms with E-state index in [0.717, 1.165) is 0 Å². The van der Waals surface area contributed by atoms with Crippen LogP contribution >= 0.6 is 23.2 Å². The van der Waals surface area contributed by atoms with Crippen molar-refractivity contribution < 1.29 is 13.0 Å². The second kappa shape index (κ2) is 2.99. The number of alkyl halides is 2. The quantitative estimate of drug-likeness (QED) is 0.613. The summed E-state index contributed by atoms with van der Waals surface area (Å²) in [5.74, 6) is -0.340. The van der Waals surface area contributed by atoms with Crippen molar-refractivity contribution in [2.24, 2.45) is 11.3 Å². The maximum atomic E-state index is 10.5. The van der Waals surface area contributed by atoms with E-state index in [1.54, 1.807) is 0 Å². The standard InChI is InChI=1S/C7H12Cl2O3S/c1-6(2)5(7(6,8)9)3-4-13(10,11)12/h5H,3-4H2,1-2H3,(H,10,11,12). The molecule has 0 bridgehead atoms. The Hall–Kier alpha value is 0.490. The highest BCUT2D eigenvalue weighted by Gasteiger charge is 2.69. The number of hydrogen-bond acceptors (Lipinski definition) is 2. The summed E-state index contributed by atoms with van der Waals surface area (Å²) >= 11 is 11.8. The lowest BCUT2D eigenvalue weighted by atomic mass is 10.1. The molecule has 0 saturated heterocycles. The molecule has 6 heteroatoms. The zero-order valence-electron chi connectivity index (χ0n) is 7.42. The first-order valence-electron chi connectivity index (χ1n) is 3.92. The zero-order chi connectivity index (χ0) is 10.5. The fourth-order valence-corrected chi connectivity index (χ4v) is 3.02. The largest absolute Gasteiger partial charge is 0.286 e. The Morgan fingerprint density at radius 1 is 1.38 bits per heavy atom. The summed E-state index contributed by atoms with van der Waals surface area (Å²) in [5.41, 5.74) is -0.263. The van der Waals surface area contributed by atoms with Gasteiger partial charge < -0.3 is 0 Å². The van der Waals surface area contributed by atoms with E-state index >= 15 is 0 Å². The van der Waals surface area contributed by atoms with Crippen LogP contribution in [0.5, 0.6) is 0 Å². The molecule has 78 valence electrons. The van der Waals surface area contributed by atoms with Gasteiger partial charge >= 0.3 is 0 Å². The molecule has 1 aliphatic carbocycles. The number of hydrogen-bond donors (Lipinski definition) is 1. The highest BCUT2D eigenvalue weighted by atomic mass is 35.5. The van der Waals surface area contributed by atoms with E-state index in [9.17, 15) is 8.42 Å². The fraction of sp³-hybridized carbons (Fsp3) is 1.00. The van der Waals surface area contributed by atoms with Crippen molar-refractivity contribution in [1.82, 2.24) is 0 Å². The van der Waals surface area contributed by atoms with E-state index in [-0.39, 0.29) is 17.1 Å². The first-order valence-corrected chi connectivity index (χ1v) is 6.28. The van der Waals surface area contributed by atoms with Gasteiger partial charge in [-0.15, -0.1) is 23.2 Å². The molecule has 0 amide bonds. The van der Waals surface area contributed by atoms with Crippen LogP contribution in [0.3, 0.4) is 0 Å². The van der Waals surface area contributed by atoms with Crippen LogP contribution in [0.15, 0.2) is 0 Å². The van der Waals surface area contributed by atoms with Crippen LogP contribution in [-0.2, 0) is 10.1 Å². The zero-order valence-corrected chi connectivity index (χ0v) is 9.75. The molecular weight excluding hydrogens is 235 g/mol. The van der Waals surface area contributed by atoms with Gasteiger partial charge in [0.25, 0.3) is 10.1 Å². The summed E-state index contributed by atoms with van der Waals surface area (Å²) in [5, 5.41) is 0. The average molecular weight is 247 g/mol. The Morgan fingerprint density at radius 3 is 2.00 bits per heavy atom. The van der Waals surface area contributed by atoms with Gasteiger partial charge in [-0.05, 0) is 6.42 Å². The third-order valence-electron chi connectivity index (χ3n) is 2.75. The summed E-state index contributed by atoms with van der Waals surface area (Å²) in [6, 6.07) is 0. The molecule has 0 aromatic rings. The molecule has 1 unspecified atom stereocenters. The van der Waals surface area contributed by atoms with Crippen LogP contribution in [0.2, 0.25) is 0 Å². The lowest BCUT2D eigenvalue weighted by Crippen LogP contribution is -2.06. The minimum absolute atomic E-state index is 0.0646. The van der Waals surface area contributed by atoms with Crippen molar-refractivity contribution in [3.05, 3.63) is 0 Å². The Labute approximate surface area is 88.2 Å². The summed E-state index contributed by atoms with van der Waals surface area (Å²) in [6.45, 7) is 3.75. The molecule has 0 heterocycles. The summed E-state index contributed by atoms with van der Waals surface area (Å²) in [4.78, 5) is 0. The third-order valence-corrected chi connectivity index (χ3v) is 5.00. The van der Waals surface area contributed by atoms with Gasteiger partial charge in [0.15, 0.2) is 0 Å². The molecule has 1 fully saturated rings. The molecule has 0 aromatic heterocycles. The second-order valence-corrected chi connectivity index (χ2v) is 6.93. The van der Waals surface area contributed by atoms with Crippen molar-refractivity contribution in [1.29, 1.82) is 0 Å². The maximum absolute atomic E-state index is 10.5. The van der Waals surface area contributed by atoms with Crippen molar-refractivity contribution in [2.75, 3.05) is 5.75 Å². The summed E-state index contributed by atoms with van der Waals surface area (Å²) in [7, 11) is -3.90. The maximum Gasteiger partial charge on any atom is 0.264 e. The van der Waals surface area contributed by atoms with Gasteiger partial charge in [0.2, 0.25) is 0 Å². The Morgan fingerprint density at radius 2 is 1.77 bits per heavy atom. The van der Waals surface area contributed by atoms with Gasteiger partial charge in [-0.1, -0.05) is 13.8 Å². The molecule has 0 aromatic carbocycles. The Bertz CT molecular complexity index is 294. The van der Waals surface area contributed by atoms with Crippen LogP contribution in [-0.4, -0.2) is 23.1 Å². The minimum atomic E-state index is -3.90. The van der Waals surface area contributed by atoms with Gasteiger partial charge in [0, 0.05) is 11.3 Å². The van der Waals surface area contributed by atoms with Crippen molar-refractivity contribution in [3.63, 3.8) is 0 Å². The molecule has 3 nitrogen and oxygen atoms in total. The van der Waals surface area contributed by atoms with E-state index in [0.29, 0.717) is 6.42 Å². The third kappa shape index (κ3) is 2.12. The van der Waals surface area contributed by atoms with Gasteiger partial charge in [0.1, 0.15) is 4.33 Å². The monoisotopic (exact) mass is 246 g/mol. The van der Waals surface area contributed by atoms with Crippen LogP contribution in [0.4, 0.5) is 0 Å². The lowest BCUT2D eigenvalue weighted by Gasteiger charge is -1.99. The van der Waals surface area contributed by atoms with Gasteiger partial charge in [-0.25, -0.2) is 0 Å². The van der Waals surface area contributed by atoms with Crippen LogP contribution in [0.1, 0.15) is 20.3 Å². The summed E-state index contributed by atoms with van der Waals surface area (Å²) < 4.78 is 28.6. The Balaban J connectivity index is 2.53. The van der Waals surface area contributed by atoms with Crippen LogP contribution in [0, 0.1) is 11.3 Å². The van der Waals surface area contributed by atoms with Gasteiger partial charge in [-0.3, -0.25) is 4.55 Å². The molecule has 0 spiro atoms. The summed E-state index contributed by atoms with van der Waals surface area (Å²) in [6.07, 6.45) is 0.304. The Kier molecular flexibility index (Phi) is 2.66. The lowest BCUT2D eigenvalue weighted by molar-refractivity contribution is 0.473. The molecule has 1 saturated carbocycles. The smallest absolute Gasteiger partial charge is 0.264 e. The SMILES string of the molecule is CC1(C)C(CCS(=O)(=O)O)C1(Cl)Cl. The van der Waals surface area contributed by atoms with Crippen molar-refractivity contribution in [3.8, 4) is 0 Å². The first kappa shape index (κ1) is 11.6. The number of halogens is 2. The van der Waals surface area contributed by atoms with E-state index in [1.165, 1.54) is 0 Å². The first-order chi connectivity index (χ1) is 5.59. The van der Waals surface area contributed by atoms with E-state index in [4.69, 9.17) is 27.8 Å². The van der Waals surface area contributed by atoms with Gasteiger partial charge in [0.05, 0.1) is 5.75 Å². The average Bonchev–Trinajstić information content (AvgIpc) is 2.19. The van der Waals surface area contributed by atoms with E-state index < -0.39 is 14.5 Å². The molecule has 1 N–H and O–H groups in total. The van der Waals surface area contributed by atoms with Crippen molar-refractivity contribution in [2.45, 2.75) is 24.6 Å². The van der Waals surface area contributed by atoms with Gasteiger partial charge in [-0.2, -0.15) is 8.42 Å². The molecule has 1 aliphatic rings. The molecule has 0 aliphatic heterocycles. The molecule has 1 atom stereocenters. The van der Waals surface area contributed by atoms with Crippen molar-refractivity contribution >= 4 is 33.3 Å². The molecule has 0 radical (unpaired) electrons. The topological polar surface area (TPSA) is 54.4 Å². The van der Waals surface area contributed by atoms with Crippen LogP contribution < -0.4 is 0 Å². The second-order valence-electron chi connectivity index (χ2n) is 3.97. The highest BCUT2D eigenvalue weighted by molar-refractivity contribution is 7.85. The predicted molar refractivity (Wildman–Crippen MR) is 52.7 cm³/mol. The highest BCUT2D eigenvalue weighted by Crippen LogP contribution is 2.69. The van der Waals surface area contributed by atoms with E-state index in [1.807, 2.05) is 13.8 Å². The normalized spacial score (nSPS) is 30.1. The predicted octanol–water partition coefficient (Wildman–Crippen LogP) is 2.09. The fourth-order valence-electron chi connectivity index (χ4n) is 1.57. The molecule has 1 rings (SSSR count). The molecule has 13 heavy (non-hydrogen) atoms. The molecular formula is C7H12Cl2O3S. The van der Waals surface area contributed by atoms with E-state index in [2.05, 4.69) is 0 Å².